The third-order valence-corrected chi connectivity index (χ3v) is 4.33. The van der Waals surface area contributed by atoms with E-state index in [1.54, 1.807) is 6.07 Å². The van der Waals surface area contributed by atoms with Gasteiger partial charge in [-0.2, -0.15) is 0 Å². The van der Waals surface area contributed by atoms with E-state index in [9.17, 15) is 9.59 Å². The molecule has 27 heavy (non-hydrogen) atoms. The molecule has 6 heteroatoms. The zero-order chi connectivity index (χ0) is 18.6. The number of hydrogen-bond donors (Lipinski definition) is 1. The molecule has 0 spiro atoms. The van der Waals surface area contributed by atoms with Crippen molar-refractivity contribution in [1.82, 2.24) is 5.32 Å². The number of benzene rings is 3. The largest absolute Gasteiger partial charge is 0.483 e. The highest BCUT2D eigenvalue weighted by Gasteiger charge is 2.14. The van der Waals surface area contributed by atoms with Crippen LogP contribution in [0.25, 0.3) is 10.8 Å². The van der Waals surface area contributed by atoms with Gasteiger partial charge in [0.05, 0.1) is 5.56 Å². The van der Waals surface area contributed by atoms with Gasteiger partial charge >= 0.3 is 0 Å². The number of hydrogen-bond acceptors (Lipinski definition) is 5. The van der Waals surface area contributed by atoms with Crippen LogP contribution in [0.2, 0.25) is 0 Å². The van der Waals surface area contributed by atoms with Crippen molar-refractivity contribution in [3.05, 3.63) is 65.7 Å². The average molecular weight is 363 g/mol. The summed E-state index contributed by atoms with van der Waals surface area (Å²) in [6.45, 7) is 0.380. The SMILES string of the molecule is O=Cc1c(OCC(=O)NCc2ccc3c(c2)OCO3)ccc2ccccc12. The third kappa shape index (κ3) is 3.55. The molecule has 1 aliphatic heterocycles. The van der Waals surface area contributed by atoms with Gasteiger partial charge in [0, 0.05) is 6.54 Å². The summed E-state index contributed by atoms with van der Waals surface area (Å²) in [5, 5.41) is 4.53. The lowest BCUT2D eigenvalue weighted by Gasteiger charge is -2.11. The Kier molecular flexibility index (Phi) is 4.61. The van der Waals surface area contributed by atoms with Crippen molar-refractivity contribution in [2.45, 2.75) is 6.54 Å². The molecule has 3 aromatic rings. The Morgan fingerprint density at radius 2 is 1.93 bits per heavy atom. The fourth-order valence-corrected chi connectivity index (χ4v) is 2.97. The van der Waals surface area contributed by atoms with E-state index in [-0.39, 0.29) is 19.3 Å². The van der Waals surface area contributed by atoms with E-state index in [1.807, 2.05) is 48.5 Å². The minimum atomic E-state index is -0.280. The first kappa shape index (κ1) is 16.9. The van der Waals surface area contributed by atoms with Crippen LogP contribution < -0.4 is 19.5 Å². The molecule has 0 unspecified atom stereocenters. The summed E-state index contributed by atoms with van der Waals surface area (Å²) in [6.07, 6.45) is 0.752. The fraction of sp³-hybridized carbons (Fsp3) is 0.143. The van der Waals surface area contributed by atoms with Gasteiger partial charge in [-0.25, -0.2) is 0 Å². The molecule has 0 saturated heterocycles. The maximum Gasteiger partial charge on any atom is 0.258 e. The Morgan fingerprint density at radius 3 is 2.81 bits per heavy atom. The Morgan fingerprint density at radius 1 is 1.07 bits per heavy atom. The van der Waals surface area contributed by atoms with Crippen LogP contribution in [0.4, 0.5) is 0 Å². The van der Waals surface area contributed by atoms with Gasteiger partial charge in [0.25, 0.3) is 5.91 Å². The van der Waals surface area contributed by atoms with E-state index in [1.165, 1.54) is 0 Å². The van der Waals surface area contributed by atoms with Gasteiger partial charge in [-0.3, -0.25) is 9.59 Å². The molecular formula is C21H17NO5. The first-order valence-electron chi connectivity index (χ1n) is 8.49. The smallest absolute Gasteiger partial charge is 0.258 e. The topological polar surface area (TPSA) is 73.9 Å². The second-order valence-electron chi connectivity index (χ2n) is 6.07. The molecule has 6 nitrogen and oxygen atoms in total. The number of amides is 1. The summed E-state index contributed by atoms with van der Waals surface area (Å²) in [5.41, 5.74) is 1.34. The fourth-order valence-electron chi connectivity index (χ4n) is 2.97. The number of ether oxygens (including phenoxy) is 3. The molecule has 0 aromatic heterocycles. The summed E-state index contributed by atoms with van der Waals surface area (Å²) in [6, 6.07) is 16.6. The molecular weight excluding hydrogens is 346 g/mol. The Bertz CT molecular complexity index is 1010. The Labute approximate surface area is 155 Å². The van der Waals surface area contributed by atoms with Gasteiger partial charge in [-0.15, -0.1) is 0 Å². The number of carbonyl (C=O) groups excluding carboxylic acids is 2. The molecule has 0 bridgehead atoms. The predicted octanol–water partition coefficient (Wildman–Crippen LogP) is 3.08. The standard InChI is InChI=1S/C21H17NO5/c23-11-17-16-4-2-1-3-15(16)6-8-18(17)25-12-21(24)22-10-14-5-7-19-20(9-14)27-13-26-19/h1-9,11H,10,12-13H2,(H,22,24). The molecule has 0 saturated carbocycles. The first-order valence-corrected chi connectivity index (χ1v) is 8.49. The van der Waals surface area contributed by atoms with Crippen molar-refractivity contribution < 1.29 is 23.8 Å². The molecule has 0 aliphatic carbocycles. The highest BCUT2D eigenvalue weighted by Crippen LogP contribution is 2.32. The van der Waals surface area contributed by atoms with Gasteiger partial charge in [0.15, 0.2) is 24.4 Å². The van der Waals surface area contributed by atoms with E-state index in [4.69, 9.17) is 14.2 Å². The second-order valence-corrected chi connectivity index (χ2v) is 6.07. The molecule has 0 atom stereocenters. The molecule has 1 heterocycles. The van der Waals surface area contributed by atoms with Crippen LogP contribution in [0.1, 0.15) is 15.9 Å². The summed E-state index contributed by atoms with van der Waals surface area (Å²) in [5.74, 6) is 1.48. The molecule has 1 N–H and O–H groups in total. The normalized spacial score (nSPS) is 12.0. The van der Waals surface area contributed by atoms with Crippen LogP contribution in [0, 0.1) is 0 Å². The zero-order valence-corrected chi connectivity index (χ0v) is 14.4. The van der Waals surface area contributed by atoms with E-state index < -0.39 is 0 Å². The lowest BCUT2D eigenvalue weighted by Crippen LogP contribution is -2.28. The van der Waals surface area contributed by atoms with Crippen LogP contribution in [-0.2, 0) is 11.3 Å². The van der Waals surface area contributed by atoms with Crippen molar-refractivity contribution in [3.63, 3.8) is 0 Å². The monoisotopic (exact) mass is 363 g/mol. The lowest BCUT2D eigenvalue weighted by molar-refractivity contribution is -0.123. The molecule has 136 valence electrons. The van der Waals surface area contributed by atoms with Gasteiger partial charge < -0.3 is 19.5 Å². The minimum Gasteiger partial charge on any atom is -0.483 e. The highest BCUT2D eigenvalue weighted by molar-refractivity contribution is 6.00. The van der Waals surface area contributed by atoms with Crippen molar-refractivity contribution in [3.8, 4) is 17.2 Å². The lowest BCUT2D eigenvalue weighted by atomic mass is 10.0. The van der Waals surface area contributed by atoms with Gasteiger partial charge in [-0.05, 0) is 34.5 Å². The van der Waals surface area contributed by atoms with Gasteiger partial charge in [0.2, 0.25) is 6.79 Å². The quantitative estimate of drug-likeness (QED) is 0.682. The summed E-state index contributed by atoms with van der Waals surface area (Å²) >= 11 is 0. The molecule has 1 aliphatic rings. The number of fused-ring (bicyclic) bond motifs is 2. The van der Waals surface area contributed by atoms with Crippen LogP contribution in [0.15, 0.2) is 54.6 Å². The van der Waals surface area contributed by atoms with E-state index in [0.717, 1.165) is 22.6 Å². The summed E-state index contributed by atoms with van der Waals surface area (Å²) in [4.78, 5) is 23.6. The van der Waals surface area contributed by atoms with Crippen LogP contribution in [0.3, 0.4) is 0 Å². The van der Waals surface area contributed by atoms with Crippen LogP contribution >= 0.6 is 0 Å². The van der Waals surface area contributed by atoms with E-state index >= 15 is 0 Å². The number of nitrogens with one attached hydrogen (secondary N) is 1. The zero-order valence-electron chi connectivity index (χ0n) is 14.4. The van der Waals surface area contributed by atoms with Crippen LogP contribution in [-0.4, -0.2) is 25.6 Å². The Hall–Kier alpha value is -3.54. The highest BCUT2D eigenvalue weighted by atomic mass is 16.7. The van der Waals surface area contributed by atoms with E-state index in [2.05, 4.69) is 5.32 Å². The Balaban J connectivity index is 1.38. The third-order valence-electron chi connectivity index (χ3n) is 4.33. The molecule has 4 rings (SSSR count). The minimum absolute atomic E-state index is 0.177. The number of carbonyl (C=O) groups is 2. The van der Waals surface area contributed by atoms with Crippen LogP contribution in [0.5, 0.6) is 17.2 Å². The van der Waals surface area contributed by atoms with Gasteiger partial charge in [0.1, 0.15) is 5.75 Å². The summed E-state index contributed by atoms with van der Waals surface area (Å²) in [7, 11) is 0. The second kappa shape index (κ2) is 7.37. The summed E-state index contributed by atoms with van der Waals surface area (Å²) < 4.78 is 16.2. The van der Waals surface area contributed by atoms with E-state index in [0.29, 0.717) is 29.4 Å². The number of rotatable bonds is 6. The van der Waals surface area contributed by atoms with Crippen molar-refractivity contribution >= 4 is 23.0 Å². The average Bonchev–Trinajstić information content (AvgIpc) is 3.18. The van der Waals surface area contributed by atoms with Crippen molar-refractivity contribution in [1.29, 1.82) is 0 Å². The number of aldehydes is 1. The molecule has 0 radical (unpaired) electrons. The predicted molar refractivity (Wildman–Crippen MR) is 99.2 cm³/mol. The van der Waals surface area contributed by atoms with Gasteiger partial charge in [-0.1, -0.05) is 36.4 Å². The van der Waals surface area contributed by atoms with Crippen molar-refractivity contribution in [2.24, 2.45) is 0 Å². The molecule has 0 fully saturated rings. The molecule has 3 aromatic carbocycles. The van der Waals surface area contributed by atoms with Crippen molar-refractivity contribution in [2.75, 3.05) is 13.4 Å². The maximum atomic E-state index is 12.1. The maximum absolute atomic E-state index is 12.1. The first-order chi connectivity index (χ1) is 13.2. The molecule has 1 amide bonds.